The van der Waals surface area contributed by atoms with E-state index in [1.165, 1.54) is 4.68 Å². The van der Waals surface area contributed by atoms with Gasteiger partial charge >= 0.3 is 5.97 Å². The minimum Gasteiger partial charge on any atom is -0.458 e. The van der Waals surface area contributed by atoms with Crippen molar-refractivity contribution in [2.75, 3.05) is 5.73 Å². The van der Waals surface area contributed by atoms with E-state index in [0.717, 1.165) is 16.8 Å². The molecule has 6 nitrogen and oxygen atoms in total. The smallest absolute Gasteiger partial charge is 0.363 e. The van der Waals surface area contributed by atoms with Crippen molar-refractivity contribution in [3.63, 3.8) is 0 Å². The van der Waals surface area contributed by atoms with Crippen LogP contribution in [0.3, 0.4) is 0 Å². The van der Waals surface area contributed by atoms with E-state index in [0.29, 0.717) is 0 Å². The molecule has 0 saturated carbocycles. The molecule has 0 fully saturated rings. The highest BCUT2D eigenvalue weighted by atomic mass is 16.5. The summed E-state index contributed by atoms with van der Waals surface area (Å²) in [6, 6.07) is 5.90. The Kier molecular flexibility index (Phi) is 3.74. The molecule has 106 valence electrons. The Hall–Kier alpha value is -2.37. The third-order valence-electron chi connectivity index (χ3n) is 2.69. The molecule has 2 aromatic rings. The van der Waals surface area contributed by atoms with Crippen molar-refractivity contribution in [2.45, 2.75) is 33.8 Å². The van der Waals surface area contributed by atoms with E-state index in [1.54, 1.807) is 13.8 Å². The molecular weight excluding hydrogens is 256 g/mol. The fraction of sp³-hybridized carbons (Fsp3) is 0.357. The molecule has 1 heterocycles. The maximum Gasteiger partial charge on any atom is 0.363 e. The van der Waals surface area contributed by atoms with Crippen LogP contribution in [0.2, 0.25) is 0 Å². The molecular formula is C14H18N4O2. The van der Waals surface area contributed by atoms with Gasteiger partial charge in [-0.1, -0.05) is 11.3 Å². The van der Waals surface area contributed by atoms with Crippen LogP contribution in [0.15, 0.2) is 18.2 Å². The highest BCUT2D eigenvalue weighted by Crippen LogP contribution is 2.18. The minimum absolute atomic E-state index is 0.0397. The first-order valence-electron chi connectivity index (χ1n) is 6.39. The number of hydrogen-bond donors (Lipinski definition) is 1. The summed E-state index contributed by atoms with van der Waals surface area (Å²) in [5.74, 6) is -0.381. The van der Waals surface area contributed by atoms with Crippen molar-refractivity contribution in [2.24, 2.45) is 0 Å². The van der Waals surface area contributed by atoms with Crippen LogP contribution >= 0.6 is 0 Å². The molecule has 0 aliphatic rings. The lowest BCUT2D eigenvalue weighted by atomic mass is 10.1. The Bertz CT molecular complexity index is 626. The number of nitrogens with two attached hydrogens (primary N) is 1. The van der Waals surface area contributed by atoms with Crippen molar-refractivity contribution >= 4 is 11.8 Å². The largest absolute Gasteiger partial charge is 0.458 e. The van der Waals surface area contributed by atoms with Crippen molar-refractivity contribution in [3.8, 4) is 5.69 Å². The number of aryl methyl sites for hydroxylation is 2. The van der Waals surface area contributed by atoms with E-state index in [9.17, 15) is 4.79 Å². The molecule has 0 amide bonds. The Morgan fingerprint density at radius 1 is 1.25 bits per heavy atom. The normalized spacial score (nSPS) is 10.8. The Morgan fingerprint density at radius 3 is 2.40 bits per heavy atom. The lowest BCUT2D eigenvalue weighted by molar-refractivity contribution is 0.0372. The van der Waals surface area contributed by atoms with Gasteiger partial charge < -0.3 is 10.5 Å². The molecule has 0 atom stereocenters. The van der Waals surface area contributed by atoms with Crippen LogP contribution < -0.4 is 5.73 Å². The van der Waals surface area contributed by atoms with Gasteiger partial charge in [-0.15, -0.1) is 5.10 Å². The van der Waals surface area contributed by atoms with Crippen LogP contribution in [0.1, 0.15) is 35.5 Å². The second-order valence-corrected chi connectivity index (χ2v) is 5.04. The maximum atomic E-state index is 11.8. The van der Waals surface area contributed by atoms with Crippen LogP contribution in [-0.2, 0) is 4.74 Å². The van der Waals surface area contributed by atoms with Crippen LogP contribution in [0.25, 0.3) is 5.69 Å². The molecule has 6 heteroatoms. The van der Waals surface area contributed by atoms with Gasteiger partial charge in [0.25, 0.3) is 0 Å². The first-order chi connectivity index (χ1) is 9.38. The predicted molar refractivity (Wildman–Crippen MR) is 75.8 cm³/mol. The van der Waals surface area contributed by atoms with Crippen molar-refractivity contribution < 1.29 is 9.53 Å². The van der Waals surface area contributed by atoms with Gasteiger partial charge in [-0.25, -0.2) is 4.79 Å². The van der Waals surface area contributed by atoms with Crippen LogP contribution in [-0.4, -0.2) is 27.1 Å². The summed E-state index contributed by atoms with van der Waals surface area (Å²) in [6.45, 7) is 7.50. The monoisotopic (exact) mass is 274 g/mol. The van der Waals surface area contributed by atoms with Gasteiger partial charge in [0.1, 0.15) is 0 Å². The summed E-state index contributed by atoms with van der Waals surface area (Å²) in [7, 11) is 0. The third kappa shape index (κ3) is 2.79. The van der Waals surface area contributed by atoms with Crippen LogP contribution in [0, 0.1) is 13.8 Å². The van der Waals surface area contributed by atoms with Gasteiger partial charge in [0.15, 0.2) is 5.82 Å². The molecule has 0 radical (unpaired) electrons. The summed E-state index contributed by atoms with van der Waals surface area (Å²) in [5.41, 5.74) is 8.93. The summed E-state index contributed by atoms with van der Waals surface area (Å²) in [5, 5.41) is 7.76. The van der Waals surface area contributed by atoms with Gasteiger partial charge in [0.05, 0.1) is 11.8 Å². The number of esters is 1. The minimum atomic E-state index is -0.562. The zero-order valence-corrected chi connectivity index (χ0v) is 12.0. The number of benzene rings is 1. The fourth-order valence-corrected chi connectivity index (χ4v) is 1.97. The highest BCUT2D eigenvalue weighted by molar-refractivity contribution is 5.92. The van der Waals surface area contributed by atoms with E-state index in [-0.39, 0.29) is 17.6 Å². The van der Waals surface area contributed by atoms with Gasteiger partial charge in [0, 0.05) is 0 Å². The molecule has 2 N–H and O–H groups in total. The number of anilines is 1. The fourth-order valence-electron chi connectivity index (χ4n) is 1.97. The second-order valence-electron chi connectivity index (χ2n) is 5.04. The number of hydrogen-bond acceptors (Lipinski definition) is 5. The SMILES string of the molecule is Cc1cc(C)cc(-n2nnc(C(=O)OC(C)C)c2N)c1. The average molecular weight is 274 g/mol. The van der Waals surface area contributed by atoms with Crippen molar-refractivity contribution in [3.05, 3.63) is 35.0 Å². The molecule has 0 bridgehead atoms. The Morgan fingerprint density at radius 2 is 1.85 bits per heavy atom. The summed E-state index contributed by atoms with van der Waals surface area (Å²) in [4.78, 5) is 11.8. The zero-order valence-electron chi connectivity index (χ0n) is 12.0. The molecule has 0 saturated heterocycles. The quantitative estimate of drug-likeness (QED) is 0.866. The lowest BCUT2D eigenvalue weighted by Crippen LogP contribution is -2.14. The average Bonchev–Trinajstić information content (AvgIpc) is 2.68. The summed E-state index contributed by atoms with van der Waals surface area (Å²) < 4.78 is 6.52. The number of carbonyl (C=O) groups is 1. The topological polar surface area (TPSA) is 83.0 Å². The molecule has 1 aromatic heterocycles. The summed E-state index contributed by atoms with van der Waals surface area (Å²) in [6.07, 6.45) is -0.228. The van der Waals surface area contributed by atoms with E-state index < -0.39 is 5.97 Å². The van der Waals surface area contributed by atoms with E-state index >= 15 is 0 Å². The van der Waals surface area contributed by atoms with Crippen molar-refractivity contribution in [1.82, 2.24) is 15.0 Å². The van der Waals surface area contributed by atoms with Gasteiger partial charge in [-0.05, 0) is 51.0 Å². The number of nitrogens with zero attached hydrogens (tertiary/aromatic N) is 3. The molecule has 0 aliphatic carbocycles. The Balaban J connectivity index is 2.40. The molecule has 1 aromatic carbocycles. The van der Waals surface area contributed by atoms with Crippen LogP contribution in [0.4, 0.5) is 5.82 Å². The van der Waals surface area contributed by atoms with Gasteiger partial charge in [-0.3, -0.25) is 0 Å². The number of aromatic nitrogens is 3. The van der Waals surface area contributed by atoms with Gasteiger partial charge in [-0.2, -0.15) is 4.68 Å². The zero-order chi connectivity index (χ0) is 14.9. The van der Waals surface area contributed by atoms with E-state index in [2.05, 4.69) is 10.3 Å². The molecule has 0 aliphatic heterocycles. The number of ether oxygens (including phenoxy) is 1. The van der Waals surface area contributed by atoms with E-state index in [4.69, 9.17) is 10.5 Å². The number of carbonyl (C=O) groups excluding carboxylic acids is 1. The molecule has 20 heavy (non-hydrogen) atoms. The standard InChI is InChI=1S/C14H18N4O2/c1-8(2)20-14(19)12-13(15)18(17-16-12)11-6-9(3)5-10(4)7-11/h5-8H,15H2,1-4H3. The Labute approximate surface area is 117 Å². The second kappa shape index (κ2) is 5.32. The van der Waals surface area contributed by atoms with Crippen LogP contribution in [0.5, 0.6) is 0 Å². The number of nitrogen functional groups attached to an aromatic ring is 1. The molecule has 0 unspecified atom stereocenters. The third-order valence-corrected chi connectivity index (χ3v) is 2.69. The van der Waals surface area contributed by atoms with Crippen molar-refractivity contribution in [1.29, 1.82) is 0 Å². The number of rotatable bonds is 3. The first kappa shape index (κ1) is 14.0. The maximum absolute atomic E-state index is 11.8. The first-order valence-corrected chi connectivity index (χ1v) is 6.39. The molecule has 0 spiro atoms. The van der Waals surface area contributed by atoms with Gasteiger partial charge in [0.2, 0.25) is 5.69 Å². The lowest BCUT2D eigenvalue weighted by Gasteiger charge is -2.07. The predicted octanol–water partition coefficient (Wildman–Crippen LogP) is 2.03. The molecule has 2 rings (SSSR count). The van der Waals surface area contributed by atoms with E-state index in [1.807, 2.05) is 32.0 Å². The summed E-state index contributed by atoms with van der Waals surface area (Å²) >= 11 is 0. The highest BCUT2D eigenvalue weighted by Gasteiger charge is 2.20.